The SMILES string of the molecule is CC1(C)CN(C(=O)[C@H]2CCCN2C(=O)C2CC2)c2ccccc21. The van der Waals surface area contributed by atoms with Crippen LogP contribution >= 0.6 is 0 Å². The fourth-order valence-electron chi connectivity index (χ4n) is 4.08. The summed E-state index contributed by atoms with van der Waals surface area (Å²) >= 11 is 0. The van der Waals surface area contributed by atoms with Crippen LogP contribution in [0.25, 0.3) is 0 Å². The van der Waals surface area contributed by atoms with Gasteiger partial charge in [-0.1, -0.05) is 32.0 Å². The fraction of sp³-hybridized carbons (Fsp3) is 0.579. The average Bonchev–Trinajstić information content (AvgIpc) is 3.21. The van der Waals surface area contributed by atoms with Gasteiger partial charge >= 0.3 is 0 Å². The molecule has 3 aliphatic rings. The molecular formula is C19H24N2O2. The summed E-state index contributed by atoms with van der Waals surface area (Å²) < 4.78 is 0. The molecule has 2 heterocycles. The molecule has 4 nitrogen and oxygen atoms in total. The van der Waals surface area contributed by atoms with Crippen molar-refractivity contribution in [1.29, 1.82) is 0 Å². The number of para-hydroxylation sites is 1. The molecule has 2 aliphatic heterocycles. The zero-order valence-corrected chi connectivity index (χ0v) is 13.9. The van der Waals surface area contributed by atoms with E-state index in [4.69, 9.17) is 0 Å². The highest BCUT2D eigenvalue weighted by atomic mass is 16.2. The Morgan fingerprint density at radius 1 is 1.09 bits per heavy atom. The Morgan fingerprint density at radius 3 is 2.57 bits per heavy atom. The Morgan fingerprint density at radius 2 is 1.83 bits per heavy atom. The van der Waals surface area contributed by atoms with E-state index < -0.39 is 0 Å². The molecule has 122 valence electrons. The first kappa shape index (κ1) is 14.7. The molecule has 1 saturated carbocycles. The van der Waals surface area contributed by atoms with Crippen LogP contribution in [0.15, 0.2) is 24.3 Å². The maximum absolute atomic E-state index is 13.2. The van der Waals surface area contributed by atoms with Gasteiger partial charge in [0, 0.05) is 30.1 Å². The highest BCUT2D eigenvalue weighted by Gasteiger charge is 2.45. The number of carbonyl (C=O) groups excluding carboxylic acids is 2. The van der Waals surface area contributed by atoms with Crippen molar-refractivity contribution in [1.82, 2.24) is 4.90 Å². The summed E-state index contributed by atoms with van der Waals surface area (Å²) in [5.74, 6) is 0.493. The molecule has 1 aliphatic carbocycles. The van der Waals surface area contributed by atoms with Gasteiger partial charge in [0.1, 0.15) is 6.04 Å². The number of likely N-dealkylation sites (tertiary alicyclic amines) is 1. The average molecular weight is 312 g/mol. The first-order chi connectivity index (χ1) is 11.0. The first-order valence-electron chi connectivity index (χ1n) is 8.70. The second-order valence-corrected chi connectivity index (χ2v) is 7.79. The van der Waals surface area contributed by atoms with Crippen LogP contribution in [0.4, 0.5) is 5.69 Å². The van der Waals surface area contributed by atoms with E-state index in [1.165, 1.54) is 5.56 Å². The maximum Gasteiger partial charge on any atom is 0.249 e. The zero-order chi connectivity index (χ0) is 16.2. The van der Waals surface area contributed by atoms with Crippen LogP contribution in [-0.2, 0) is 15.0 Å². The van der Waals surface area contributed by atoms with Crippen LogP contribution in [0.2, 0.25) is 0 Å². The molecule has 1 aromatic rings. The maximum atomic E-state index is 13.2. The molecule has 0 aromatic heterocycles. The Balaban J connectivity index is 1.61. The molecule has 1 saturated heterocycles. The van der Waals surface area contributed by atoms with E-state index in [9.17, 15) is 9.59 Å². The van der Waals surface area contributed by atoms with Crippen LogP contribution in [0, 0.1) is 5.92 Å². The lowest BCUT2D eigenvalue weighted by molar-refractivity contribution is -0.138. The Bertz CT molecular complexity index is 663. The predicted octanol–water partition coefficient (Wildman–Crippen LogP) is 2.71. The van der Waals surface area contributed by atoms with Crippen molar-refractivity contribution in [3.05, 3.63) is 29.8 Å². The molecule has 2 amide bonds. The number of nitrogens with zero attached hydrogens (tertiary/aromatic N) is 2. The van der Waals surface area contributed by atoms with Crippen LogP contribution < -0.4 is 4.90 Å². The molecule has 1 atom stereocenters. The second kappa shape index (κ2) is 5.08. The van der Waals surface area contributed by atoms with Crippen molar-refractivity contribution in [2.45, 2.75) is 51.0 Å². The van der Waals surface area contributed by atoms with Gasteiger partial charge in [-0.2, -0.15) is 0 Å². The number of amides is 2. The summed E-state index contributed by atoms with van der Waals surface area (Å²) in [6.45, 7) is 5.81. The largest absolute Gasteiger partial charge is 0.330 e. The smallest absolute Gasteiger partial charge is 0.249 e. The minimum Gasteiger partial charge on any atom is -0.330 e. The quantitative estimate of drug-likeness (QED) is 0.842. The van der Waals surface area contributed by atoms with E-state index in [1.54, 1.807) is 0 Å². The number of rotatable bonds is 2. The second-order valence-electron chi connectivity index (χ2n) is 7.79. The van der Waals surface area contributed by atoms with Crippen LogP contribution in [-0.4, -0.2) is 35.8 Å². The number of hydrogen-bond donors (Lipinski definition) is 0. The summed E-state index contributed by atoms with van der Waals surface area (Å²) in [6, 6.07) is 7.91. The fourth-order valence-corrected chi connectivity index (χ4v) is 4.08. The predicted molar refractivity (Wildman–Crippen MR) is 89.3 cm³/mol. The summed E-state index contributed by atoms with van der Waals surface area (Å²) in [5, 5.41) is 0. The van der Waals surface area contributed by atoms with Crippen LogP contribution in [0.1, 0.15) is 45.1 Å². The number of benzene rings is 1. The normalized spacial score (nSPS) is 25.6. The molecule has 0 spiro atoms. The lowest BCUT2D eigenvalue weighted by atomic mass is 9.87. The minimum atomic E-state index is -0.259. The summed E-state index contributed by atoms with van der Waals surface area (Å²) in [5.41, 5.74) is 2.22. The van der Waals surface area contributed by atoms with Gasteiger partial charge in [0.2, 0.25) is 11.8 Å². The highest BCUT2D eigenvalue weighted by Crippen LogP contribution is 2.41. The minimum absolute atomic E-state index is 0.0316. The van der Waals surface area contributed by atoms with Gasteiger partial charge in [0.05, 0.1) is 0 Å². The molecule has 2 fully saturated rings. The van der Waals surface area contributed by atoms with Crippen molar-refractivity contribution < 1.29 is 9.59 Å². The van der Waals surface area contributed by atoms with Gasteiger partial charge < -0.3 is 9.80 Å². The number of hydrogen-bond acceptors (Lipinski definition) is 2. The van der Waals surface area contributed by atoms with E-state index in [1.807, 2.05) is 28.0 Å². The zero-order valence-electron chi connectivity index (χ0n) is 13.9. The lowest BCUT2D eigenvalue weighted by Crippen LogP contribution is -2.48. The van der Waals surface area contributed by atoms with Crippen molar-refractivity contribution in [3.8, 4) is 0 Å². The molecule has 4 heteroatoms. The van der Waals surface area contributed by atoms with Crippen molar-refractivity contribution in [2.24, 2.45) is 5.92 Å². The number of carbonyl (C=O) groups is 2. The molecular weight excluding hydrogens is 288 g/mol. The van der Waals surface area contributed by atoms with Gasteiger partial charge in [-0.25, -0.2) is 0 Å². The lowest BCUT2D eigenvalue weighted by Gasteiger charge is -2.29. The van der Waals surface area contributed by atoms with Crippen LogP contribution in [0.5, 0.6) is 0 Å². The van der Waals surface area contributed by atoms with Gasteiger partial charge in [-0.05, 0) is 37.3 Å². The number of anilines is 1. The van der Waals surface area contributed by atoms with E-state index in [0.29, 0.717) is 6.54 Å². The third kappa shape index (κ3) is 2.35. The molecule has 0 bridgehead atoms. The van der Waals surface area contributed by atoms with Gasteiger partial charge in [0.25, 0.3) is 0 Å². The van der Waals surface area contributed by atoms with Crippen molar-refractivity contribution in [2.75, 3.05) is 18.0 Å². The van der Waals surface area contributed by atoms with Crippen LogP contribution in [0.3, 0.4) is 0 Å². The summed E-state index contributed by atoms with van der Waals surface area (Å²) in [7, 11) is 0. The molecule has 0 radical (unpaired) electrons. The molecule has 0 unspecified atom stereocenters. The van der Waals surface area contributed by atoms with Gasteiger partial charge in [-0.3, -0.25) is 9.59 Å². The standard InChI is InChI=1S/C19H24N2O2/c1-19(2)12-21(15-7-4-3-6-14(15)19)18(23)16-8-5-11-20(16)17(22)13-9-10-13/h3-4,6-7,13,16H,5,8-12H2,1-2H3/t16-/m1/s1. The molecule has 0 N–H and O–H groups in total. The molecule has 4 rings (SSSR count). The third-order valence-electron chi connectivity index (χ3n) is 5.49. The summed E-state index contributed by atoms with van der Waals surface area (Å²) in [6.07, 6.45) is 3.73. The van der Waals surface area contributed by atoms with Gasteiger partial charge in [-0.15, -0.1) is 0 Å². The van der Waals surface area contributed by atoms with E-state index in [0.717, 1.165) is 37.9 Å². The van der Waals surface area contributed by atoms with E-state index >= 15 is 0 Å². The van der Waals surface area contributed by atoms with E-state index in [2.05, 4.69) is 19.9 Å². The monoisotopic (exact) mass is 312 g/mol. The van der Waals surface area contributed by atoms with Crippen molar-refractivity contribution in [3.63, 3.8) is 0 Å². The number of fused-ring (bicyclic) bond motifs is 1. The van der Waals surface area contributed by atoms with Gasteiger partial charge in [0.15, 0.2) is 0 Å². The first-order valence-corrected chi connectivity index (χ1v) is 8.70. The Labute approximate surface area is 137 Å². The van der Waals surface area contributed by atoms with Crippen molar-refractivity contribution >= 4 is 17.5 Å². The Kier molecular flexibility index (Phi) is 3.26. The third-order valence-corrected chi connectivity index (χ3v) is 5.49. The summed E-state index contributed by atoms with van der Waals surface area (Å²) in [4.78, 5) is 29.4. The molecule has 23 heavy (non-hydrogen) atoms. The molecule has 1 aromatic carbocycles. The topological polar surface area (TPSA) is 40.6 Å². The van der Waals surface area contributed by atoms with E-state index in [-0.39, 0.29) is 29.2 Å². The Hall–Kier alpha value is -1.84. The highest BCUT2D eigenvalue weighted by molar-refractivity contribution is 6.01.